The first kappa shape index (κ1) is 10.7. The van der Waals surface area contributed by atoms with E-state index in [1.54, 1.807) is 13.0 Å². The minimum absolute atomic E-state index is 0.111. The number of aldehydes is 1. The largest absolute Gasteiger partial charge is 0.435 e. The fourth-order valence-electron chi connectivity index (χ4n) is 1.49. The number of aromatic nitrogens is 2. The summed E-state index contributed by atoms with van der Waals surface area (Å²) in [4.78, 5) is 14.1. The number of carbonyl (C=O) groups is 1. The molecule has 2 heterocycles. The van der Waals surface area contributed by atoms with E-state index in [0.717, 1.165) is 9.96 Å². The second kappa shape index (κ2) is 3.33. The molecule has 0 saturated carbocycles. The highest BCUT2D eigenvalue weighted by Gasteiger charge is 2.37. The number of alkyl halides is 3. The number of nitrogens with zero attached hydrogens (tertiary/aromatic N) is 2. The van der Waals surface area contributed by atoms with Crippen LogP contribution in [0.4, 0.5) is 13.2 Å². The minimum Gasteiger partial charge on any atom is -0.296 e. The van der Waals surface area contributed by atoms with Crippen LogP contribution < -0.4 is 0 Å². The van der Waals surface area contributed by atoms with E-state index in [1.165, 1.54) is 12.3 Å². The van der Waals surface area contributed by atoms with Crippen LogP contribution in [0, 0.1) is 6.92 Å². The molecule has 16 heavy (non-hydrogen) atoms. The maximum absolute atomic E-state index is 12.5. The van der Waals surface area contributed by atoms with E-state index in [4.69, 9.17) is 0 Å². The summed E-state index contributed by atoms with van der Waals surface area (Å²) in [5, 5.41) is 0. The molecule has 0 radical (unpaired) electrons. The lowest BCUT2D eigenvalue weighted by Crippen LogP contribution is -2.09. The molecule has 0 amide bonds. The Bertz CT molecular complexity index is 557. The predicted molar refractivity (Wildman–Crippen MR) is 50.3 cm³/mol. The first-order chi connectivity index (χ1) is 7.43. The lowest BCUT2D eigenvalue weighted by Gasteiger charge is -2.02. The summed E-state index contributed by atoms with van der Waals surface area (Å²) in [6, 6.07) is 3.08. The number of pyridine rings is 1. The van der Waals surface area contributed by atoms with E-state index in [-0.39, 0.29) is 11.9 Å². The molecular formula is C10H7F3N2O. The average Bonchev–Trinajstić information content (AvgIpc) is 2.54. The Balaban J connectivity index is 2.82. The summed E-state index contributed by atoms with van der Waals surface area (Å²) >= 11 is 0. The molecule has 2 aromatic heterocycles. The molecule has 0 saturated heterocycles. The molecular weight excluding hydrogens is 221 g/mol. The number of hydrogen-bond donors (Lipinski definition) is 0. The molecule has 0 unspecified atom stereocenters. The molecule has 0 aliphatic rings. The Morgan fingerprint density at radius 2 is 2.06 bits per heavy atom. The van der Waals surface area contributed by atoms with Crippen molar-refractivity contribution in [2.75, 3.05) is 0 Å². The standard InChI is InChI=1S/C10H7F3N2O/c1-6-2-3-8-14-9(10(11,12)13)7(5-16)15(8)4-6/h2-5H,1H3. The van der Waals surface area contributed by atoms with Crippen molar-refractivity contribution < 1.29 is 18.0 Å². The molecule has 84 valence electrons. The van der Waals surface area contributed by atoms with Crippen molar-refractivity contribution in [3.05, 3.63) is 35.3 Å². The highest BCUT2D eigenvalue weighted by Crippen LogP contribution is 2.31. The fraction of sp³-hybridized carbons (Fsp3) is 0.200. The highest BCUT2D eigenvalue weighted by molar-refractivity contribution is 5.76. The van der Waals surface area contributed by atoms with E-state index in [9.17, 15) is 18.0 Å². The first-order valence-electron chi connectivity index (χ1n) is 4.44. The number of fused-ring (bicyclic) bond motifs is 1. The van der Waals surface area contributed by atoms with Crippen LogP contribution in [0.15, 0.2) is 18.3 Å². The van der Waals surface area contributed by atoms with Crippen molar-refractivity contribution in [3.63, 3.8) is 0 Å². The van der Waals surface area contributed by atoms with Gasteiger partial charge in [0, 0.05) is 6.20 Å². The van der Waals surface area contributed by atoms with Crippen molar-refractivity contribution in [2.45, 2.75) is 13.1 Å². The van der Waals surface area contributed by atoms with Gasteiger partial charge < -0.3 is 0 Å². The number of carbonyl (C=O) groups excluding carboxylic acids is 1. The zero-order valence-corrected chi connectivity index (χ0v) is 8.25. The van der Waals surface area contributed by atoms with Crippen molar-refractivity contribution in [2.24, 2.45) is 0 Å². The normalized spacial score (nSPS) is 12.0. The van der Waals surface area contributed by atoms with Crippen LogP contribution in [0.5, 0.6) is 0 Å². The molecule has 0 bridgehead atoms. The molecule has 0 atom stereocenters. The quantitative estimate of drug-likeness (QED) is 0.702. The average molecular weight is 228 g/mol. The highest BCUT2D eigenvalue weighted by atomic mass is 19.4. The second-order valence-electron chi connectivity index (χ2n) is 3.40. The summed E-state index contributed by atoms with van der Waals surface area (Å²) in [6.45, 7) is 1.72. The maximum Gasteiger partial charge on any atom is 0.435 e. The molecule has 2 rings (SSSR count). The maximum atomic E-state index is 12.5. The Morgan fingerprint density at radius 3 is 2.62 bits per heavy atom. The van der Waals surface area contributed by atoms with Crippen LogP contribution >= 0.6 is 0 Å². The topological polar surface area (TPSA) is 34.4 Å². The van der Waals surface area contributed by atoms with Crippen LogP contribution in [0.2, 0.25) is 0 Å². The van der Waals surface area contributed by atoms with Crippen molar-refractivity contribution in [1.82, 2.24) is 9.38 Å². The third kappa shape index (κ3) is 1.56. The summed E-state index contributed by atoms with van der Waals surface area (Å²) < 4.78 is 38.8. The zero-order valence-electron chi connectivity index (χ0n) is 8.25. The zero-order chi connectivity index (χ0) is 11.9. The number of hydrogen-bond acceptors (Lipinski definition) is 2. The van der Waals surface area contributed by atoms with Gasteiger partial charge in [-0.2, -0.15) is 13.2 Å². The SMILES string of the molecule is Cc1ccc2nc(C(F)(F)F)c(C=O)n2c1. The Kier molecular flexibility index (Phi) is 2.22. The molecule has 0 fully saturated rings. The molecule has 3 nitrogen and oxygen atoms in total. The third-order valence-electron chi connectivity index (χ3n) is 2.18. The lowest BCUT2D eigenvalue weighted by molar-refractivity contribution is -0.141. The van der Waals surface area contributed by atoms with Crippen molar-refractivity contribution >= 4 is 11.9 Å². The van der Waals surface area contributed by atoms with Crippen LogP contribution in [0.1, 0.15) is 21.7 Å². The molecule has 2 aromatic rings. The van der Waals surface area contributed by atoms with Gasteiger partial charge >= 0.3 is 6.18 Å². The van der Waals surface area contributed by atoms with Gasteiger partial charge in [0.2, 0.25) is 0 Å². The monoisotopic (exact) mass is 228 g/mol. The number of rotatable bonds is 1. The van der Waals surface area contributed by atoms with E-state index >= 15 is 0 Å². The van der Waals surface area contributed by atoms with Gasteiger partial charge in [-0.15, -0.1) is 0 Å². The molecule has 6 heteroatoms. The Labute approximate surface area is 88.5 Å². The van der Waals surface area contributed by atoms with Crippen LogP contribution in [-0.2, 0) is 6.18 Å². The number of aryl methyl sites for hydroxylation is 1. The summed E-state index contributed by atoms with van der Waals surface area (Å²) in [5.74, 6) is 0. The van der Waals surface area contributed by atoms with Gasteiger partial charge in [0.05, 0.1) is 0 Å². The fourth-order valence-corrected chi connectivity index (χ4v) is 1.49. The molecule has 0 N–H and O–H groups in total. The number of imidazole rings is 1. The van der Waals surface area contributed by atoms with Gasteiger partial charge in [0.25, 0.3) is 0 Å². The van der Waals surface area contributed by atoms with E-state index in [1.807, 2.05) is 0 Å². The molecule has 0 spiro atoms. The van der Waals surface area contributed by atoms with Crippen molar-refractivity contribution in [1.29, 1.82) is 0 Å². The van der Waals surface area contributed by atoms with Gasteiger partial charge in [0.15, 0.2) is 12.0 Å². The second-order valence-corrected chi connectivity index (χ2v) is 3.40. The molecule has 0 aromatic carbocycles. The van der Waals surface area contributed by atoms with E-state index < -0.39 is 17.6 Å². The number of halogens is 3. The van der Waals surface area contributed by atoms with Gasteiger partial charge in [-0.05, 0) is 18.6 Å². The first-order valence-corrected chi connectivity index (χ1v) is 4.44. The Morgan fingerprint density at radius 1 is 1.38 bits per heavy atom. The van der Waals surface area contributed by atoms with Gasteiger partial charge in [-0.1, -0.05) is 6.07 Å². The molecule has 0 aliphatic heterocycles. The van der Waals surface area contributed by atoms with Crippen molar-refractivity contribution in [3.8, 4) is 0 Å². The summed E-state index contributed by atoms with van der Waals surface area (Å²) in [6.07, 6.45) is -3.00. The Hall–Kier alpha value is -1.85. The van der Waals surface area contributed by atoms with E-state index in [0.29, 0.717) is 0 Å². The minimum atomic E-state index is -4.61. The van der Waals surface area contributed by atoms with Crippen LogP contribution in [-0.4, -0.2) is 15.7 Å². The van der Waals surface area contributed by atoms with Crippen LogP contribution in [0.3, 0.4) is 0 Å². The van der Waals surface area contributed by atoms with Gasteiger partial charge in [-0.3, -0.25) is 9.20 Å². The predicted octanol–water partition coefficient (Wildman–Crippen LogP) is 2.47. The molecule has 0 aliphatic carbocycles. The van der Waals surface area contributed by atoms with E-state index in [2.05, 4.69) is 4.98 Å². The van der Waals surface area contributed by atoms with Crippen LogP contribution in [0.25, 0.3) is 5.65 Å². The lowest BCUT2D eigenvalue weighted by atomic mass is 10.3. The summed E-state index contributed by atoms with van der Waals surface area (Å²) in [7, 11) is 0. The van der Waals surface area contributed by atoms with Gasteiger partial charge in [-0.25, -0.2) is 4.98 Å². The van der Waals surface area contributed by atoms with Gasteiger partial charge in [0.1, 0.15) is 11.3 Å². The smallest absolute Gasteiger partial charge is 0.296 e. The third-order valence-corrected chi connectivity index (χ3v) is 2.18. The summed E-state index contributed by atoms with van der Waals surface area (Å²) in [5.41, 5.74) is -0.749.